The van der Waals surface area contributed by atoms with Crippen LogP contribution in [0, 0.1) is 10.1 Å². The molecule has 10 nitrogen and oxygen atoms in total. The van der Waals surface area contributed by atoms with E-state index < -0.39 is 22.9 Å². The van der Waals surface area contributed by atoms with Crippen LogP contribution in [-0.2, 0) is 9.53 Å². The topological polar surface area (TPSA) is 126 Å². The van der Waals surface area contributed by atoms with Gasteiger partial charge in [-0.2, -0.15) is 0 Å². The second-order valence-corrected chi connectivity index (χ2v) is 6.41. The summed E-state index contributed by atoms with van der Waals surface area (Å²) in [6.45, 7) is 7.78. The van der Waals surface area contributed by atoms with Crippen molar-refractivity contribution in [2.24, 2.45) is 0 Å². The van der Waals surface area contributed by atoms with Gasteiger partial charge < -0.3 is 24.3 Å². The van der Waals surface area contributed by atoms with Crippen LogP contribution < -0.4 is 19.5 Å². The molecule has 2 aromatic rings. The maximum Gasteiger partial charge on any atom is 0.339 e. The number of carbonyl (C=O) groups excluding carboxylic acids is 2. The van der Waals surface area contributed by atoms with E-state index in [1.807, 2.05) is 6.92 Å². The lowest BCUT2D eigenvalue weighted by molar-refractivity contribution is -0.383. The fourth-order valence-corrected chi connectivity index (χ4v) is 2.76. The summed E-state index contributed by atoms with van der Waals surface area (Å²) >= 11 is 0. The maximum atomic E-state index is 12.7. The molecule has 0 heterocycles. The van der Waals surface area contributed by atoms with Gasteiger partial charge in [0.25, 0.3) is 11.6 Å². The van der Waals surface area contributed by atoms with Crippen molar-refractivity contribution >= 4 is 23.3 Å². The van der Waals surface area contributed by atoms with Crippen LogP contribution in [0.3, 0.4) is 0 Å². The number of benzene rings is 2. The van der Waals surface area contributed by atoms with E-state index >= 15 is 0 Å². The second kappa shape index (κ2) is 11.5. The van der Waals surface area contributed by atoms with Crippen molar-refractivity contribution in [3.05, 3.63) is 52.1 Å². The molecule has 10 heteroatoms. The summed E-state index contributed by atoms with van der Waals surface area (Å²) in [5, 5.41) is 13.5. The van der Waals surface area contributed by atoms with E-state index in [9.17, 15) is 19.7 Å². The summed E-state index contributed by atoms with van der Waals surface area (Å²) in [6.07, 6.45) is -1.22. The van der Waals surface area contributed by atoms with Gasteiger partial charge in [0, 0.05) is 6.07 Å². The van der Waals surface area contributed by atoms with Crippen LogP contribution in [0.25, 0.3) is 0 Å². The highest BCUT2D eigenvalue weighted by Crippen LogP contribution is 2.39. The third-order valence-electron chi connectivity index (χ3n) is 4.16. The molecule has 1 amide bonds. The van der Waals surface area contributed by atoms with Crippen molar-refractivity contribution in [2.75, 3.05) is 25.1 Å². The summed E-state index contributed by atoms with van der Waals surface area (Å²) in [5.74, 6) is -0.516. The number of carbonyl (C=O) groups is 2. The Balaban J connectivity index is 2.22. The first-order valence-corrected chi connectivity index (χ1v) is 10.1. The predicted octanol–water partition coefficient (Wildman–Crippen LogP) is 3.97. The smallest absolute Gasteiger partial charge is 0.339 e. The van der Waals surface area contributed by atoms with Crippen molar-refractivity contribution in [1.29, 1.82) is 0 Å². The van der Waals surface area contributed by atoms with Gasteiger partial charge >= 0.3 is 5.97 Å². The first-order valence-electron chi connectivity index (χ1n) is 10.1. The number of nitro groups is 1. The number of nitrogens with zero attached hydrogens (tertiary/aromatic N) is 1. The minimum absolute atomic E-state index is 0.00345. The molecule has 32 heavy (non-hydrogen) atoms. The highest BCUT2D eigenvalue weighted by molar-refractivity contribution is 5.99. The van der Waals surface area contributed by atoms with Gasteiger partial charge in [0.05, 0.1) is 30.3 Å². The summed E-state index contributed by atoms with van der Waals surface area (Å²) in [4.78, 5) is 35.7. The van der Waals surface area contributed by atoms with Crippen LogP contribution in [0.4, 0.5) is 11.4 Å². The molecule has 0 aromatic heterocycles. The molecule has 0 spiro atoms. The van der Waals surface area contributed by atoms with E-state index in [2.05, 4.69) is 5.32 Å². The molecule has 2 aromatic carbocycles. The van der Waals surface area contributed by atoms with Crippen molar-refractivity contribution in [2.45, 2.75) is 33.8 Å². The predicted molar refractivity (Wildman–Crippen MR) is 117 cm³/mol. The van der Waals surface area contributed by atoms with Crippen LogP contribution in [0.2, 0.25) is 0 Å². The Hall–Kier alpha value is -3.82. The van der Waals surface area contributed by atoms with Gasteiger partial charge in [-0.25, -0.2) is 4.79 Å². The molecule has 0 aliphatic heterocycles. The molecular weight excluding hydrogens is 420 g/mol. The summed E-state index contributed by atoms with van der Waals surface area (Å²) in [6, 6.07) is 8.58. The fraction of sp³-hybridized carbons (Fsp3) is 0.364. The van der Waals surface area contributed by atoms with Crippen LogP contribution in [0.5, 0.6) is 17.2 Å². The maximum absolute atomic E-state index is 12.7. The van der Waals surface area contributed by atoms with Gasteiger partial charge in [-0.15, -0.1) is 0 Å². The first kappa shape index (κ1) is 24.4. The lowest BCUT2D eigenvalue weighted by Crippen LogP contribution is -2.30. The van der Waals surface area contributed by atoms with E-state index in [1.54, 1.807) is 19.9 Å². The van der Waals surface area contributed by atoms with Gasteiger partial charge in [-0.3, -0.25) is 14.9 Å². The zero-order chi connectivity index (χ0) is 23.7. The molecule has 0 fully saturated rings. The van der Waals surface area contributed by atoms with Crippen molar-refractivity contribution in [3.8, 4) is 17.2 Å². The Morgan fingerprint density at radius 1 is 1.00 bits per heavy atom. The largest absolute Gasteiger partial charge is 0.490 e. The third-order valence-corrected chi connectivity index (χ3v) is 4.16. The Bertz CT molecular complexity index is 949. The van der Waals surface area contributed by atoms with Gasteiger partial charge in [0.15, 0.2) is 17.6 Å². The zero-order valence-electron chi connectivity index (χ0n) is 18.4. The number of hydrogen-bond acceptors (Lipinski definition) is 8. The van der Waals surface area contributed by atoms with Crippen molar-refractivity contribution in [3.63, 3.8) is 0 Å². The molecule has 0 bridgehead atoms. The Labute approximate surface area is 185 Å². The number of esters is 1. The number of rotatable bonds is 11. The van der Waals surface area contributed by atoms with Crippen LogP contribution >= 0.6 is 0 Å². The van der Waals surface area contributed by atoms with E-state index in [4.69, 9.17) is 18.9 Å². The van der Waals surface area contributed by atoms with Gasteiger partial charge in [-0.05, 0) is 45.9 Å². The summed E-state index contributed by atoms with van der Waals surface area (Å²) in [5.41, 5.74) is -0.164. The van der Waals surface area contributed by atoms with E-state index in [-0.39, 0.29) is 16.9 Å². The number of nitrogens with one attached hydrogen (secondary N) is 1. The average molecular weight is 446 g/mol. The average Bonchev–Trinajstić information content (AvgIpc) is 2.76. The number of ether oxygens (including phenoxy) is 4. The van der Waals surface area contributed by atoms with Crippen LogP contribution in [0.15, 0.2) is 36.4 Å². The number of para-hydroxylation sites is 2. The molecule has 172 valence electrons. The van der Waals surface area contributed by atoms with Crippen LogP contribution in [0.1, 0.15) is 38.1 Å². The van der Waals surface area contributed by atoms with Gasteiger partial charge in [0.1, 0.15) is 5.69 Å². The highest BCUT2D eigenvalue weighted by atomic mass is 16.6. The summed E-state index contributed by atoms with van der Waals surface area (Å²) in [7, 11) is 0. The second-order valence-electron chi connectivity index (χ2n) is 6.41. The van der Waals surface area contributed by atoms with Crippen LogP contribution in [-0.4, -0.2) is 42.7 Å². The first-order chi connectivity index (χ1) is 15.3. The number of amides is 1. The molecule has 1 unspecified atom stereocenters. The number of hydrogen-bond donors (Lipinski definition) is 1. The van der Waals surface area contributed by atoms with E-state index in [1.165, 1.54) is 37.3 Å². The minimum atomic E-state index is -1.22. The lowest BCUT2D eigenvalue weighted by Gasteiger charge is -2.18. The molecule has 0 saturated heterocycles. The summed E-state index contributed by atoms with van der Waals surface area (Å²) < 4.78 is 22.0. The number of anilines is 1. The molecule has 2 rings (SSSR count). The van der Waals surface area contributed by atoms with E-state index in [0.717, 1.165) is 0 Å². The molecule has 0 aliphatic rings. The highest BCUT2D eigenvalue weighted by Gasteiger charge is 2.24. The Morgan fingerprint density at radius 2 is 1.56 bits per heavy atom. The molecule has 0 aliphatic carbocycles. The Kier molecular flexibility index (Phi) is 8.82. The quantitative estimate of drug-likeness (QED) is 0.312. The number of nitro benzene ring substituents is 1. The molecule has 0 radical (unpaired) electrons. The van der Waals surface area contributed by atoms with Gasteiger partial charge in [-0.1, -0.05) is 12.1 Å². The fourth-order valence-electron chi connectivity index (χ4n) is 2.76. The minimum Gasteiger partial charge on any atom is -0.490 e. The molecule has 1 N–H and O–H groups in total. The van der Waals surface area contributed by atoms with Crippen molar-refractivity contribution in [1.82, 2.24) is 0 Å². The zero-order valence-corrected chi connectivity index (χ0v) is 18.4. The lowest BCUT2D eigenvalue weighted by atomic mass is 10.1. The monoisotopic (exact) mass is 446 g/mol. The Morgan fingerprint density at radius 3 is 2.09 bits per heavy atom. The normalized spacial score (nSPS) is 11.2. The third kappa shape index (κ3) is 6.10. The van der Waals surface area contributed by atoms with Crippen molar-refractivity contribution < 1.29 is 33.5 Å². The SMILES string of the molecule is CCOc1cc(C(=O)OC(C)C(=O)Nc2ccccc2[N+](=O)[O-])cc(OCC)c1OCC. The standard InChI is InChI=1S/C22H26N2O8/c1-5-29-18-12-15(13-19(30-6-2)20(18)31-7-3)22(26)32-14(4)21(25)23-16-10-8-9-11-17(16)24(27)28/h8-14H,5-7H2,1-4H3,(H,23,25). The van der Waals surface area contributed by atoms with Gasteiger partial charge in [0.2, 0.25) is 5.75 Å². The molecule has 0 saturated carbocycles. The molecular formula is C22H26N2O8. The molecule has 1 atom stereocenters. The van der Waals surface area contributed by atoms with E-state index in [0.29, 0.717) is 37.1 Å².